The summed E-state index contributed by atoms with van der Waals surface area (Å²) in [4.78, 5) is 26.4. The minimum Gasteiger partial charge on any atom is -0.497 e. The minimum absolute atomic E-state index is 0.0631. The molecule has 0 bridgehead atoms. The number of methoxy groups -OCH3 is 2. The van der Waals surface area contributed by atoms with E-state index in [1.807, 2.05) is 19.1 Å². The summed E-state index contributed by atoms with van der Waals surface area (Å²) in [6.07, 6.45) is 0.317. The molecule has 28 heavy (non-hydrogen) atoms. The Morgan fingerprint density at radius 2 is 1.61 bits per heavy atom. The van der Waals surface area contributed by atoms with Gasteiger partial charge in [-0.15, -0.1) is 0 Å². The monoisotopic (exact) mass is 385 g/mol. The van der Waals surface area contributed by atoms with Crippen LogP contribution in [0.15, 0.2) is 42.5 Å². The molecule has 6 heteroatoms. The average Bonchev–Trinajstić information content (AvgIpc) is 2.72. The smallest absolute Gasteiger partial charge is 0.223 e. The number of benzene rings is 2. The minimum atomic E-state index is -0.0999. The standard InChI is InChI=1S/C22H27NO5/c1-5-28-18-9-6-16(7-10-18)20(24)12-13-22(25)23(2)15-17-8-11-19(26-3)14-21(17)27-4/h6-11,14H,5,12-13,15H2,1-4H3. The van der Waals surface area contributed by atoms with Crippen molar-refractivity contribution in [1.29, 1.82) is 0 Å². The molecule has 0 atom stereocenters. The highest BCUT2D eigenvalue weighted by atomic mass is 16.5. The molecule has 0 fully saturated rings. The summed E-state index contributed by atoms with van der Waals surface area (Å²) < 4.78 is 15.9. The second-order valence-corrected chi connectivity index (χ2v) is 6.31. The van der Waals surface area contributed by atoms with Gasteiger partial charge in [-0.05, 0) is 43.3 Å². The molecule has 0 spiro atoms. The number of carbonyl (C=O) groups excluding carboxylic acids is 2. The van der Waals surface area contributed by atoms with E-state index in [-0.39, 0.29) is 24.5 Å². The lowest BCUT2D eigenvalue weighted by molar-refractivity contribution is -0.130. The predicted molar refractivity (Wildman–Crippen MR) is 107 cm³/mol. The zero-order valence-electron chi connectivity index (χ0n) is 16.9. The van der Waals surface area contributed by atoms with Crippen molar-refractivity contribution in [2.45, 2.75) is 26.3 Å². The number of Topliss-reactive ketones (excluding diaryl/α,β-unsaturated/α-hetero) is 1. The summed E-state index contributed by atoms with van der Waals surface area (Å²) >= 11 is 0. The molecule has 1 amide bonds. The van der Waals surface area contributed by atoms with Crippen LogP contribution in [0.4, 0.5) is 0 Å². The molecule has 0 unspecified atom stereocenters. The van der Waals surface area contributed by atoms with Crippen LogP contribution in [-0.4, -0.2) is 44.5 Å². The molecular weight excluding hydrogens is 358 g/mol. The molecule has 6 nitrogen and oxygen atoms in total. The SMILES string of the molecule is CCOc1ccc(C(=O)CCC(=O)N(C)Cc2ccc(OC)cc2OC)cc1. The van der Waals surface area contributed by atoms with E-state index < -0.39 is 0 Å². The predicted octanol–water partition coefficient (Wildman–Crippen LogP) is 3.72. The molecule has 2 aromatic carbocycles. The molecule has 0 aliphatic rings. The Bertz CT molecular complexity index is 801. The van der Waals surface area contributed by atoms with Crippen LogP contribution in [0.3, 0.4) is 0 Å². The van der Waals surface area contributed by atoms with E-state index in [2.05, 4.69) is 0 Å². The second-order valence-electron chi connectivity index (χ2n) is 6.31. The third-order valence-corrected chi connectivity index (χ3v) is 4.38. The average molecular weight is 385 g/mol. The van der Waals surface area contributed by atoms with Gasteiger partial charge in [-0.2, -0.15) is 0 Å². The maximum absolute atomic E-state index is 12.4. The lowest BCUT2D eigenvalue weighted by Gasteiger charge is -2.19. The quantitative estimate of drug-likeness (QED) is 0.583. The molecule has 0 radical (unpaired) electrons. The number of carbonyl (C=O) groups is 2. The Hall–Kier alpha value is -3.02. The molecule has 0 saturated carbocycles. The number of amides is 1. The van der Waals surface area contributed by atoms with E-state index in [4.69, 9.17) is 14.2 Å². The number of ether oxygens (including phenoxy) is 3. The van der Waals surface area contributed by atoms with Crippen molar-refractivity contribution in [3.8, 4) is 17.2 Å². The summed E-state index contributed by atoms with van der Waals surface area (Å²) in [6.45, 7) is 2.87. The van der Waals surface area contributed by atoms with Crippen molar-refractivity contribution < 1.29 is 23.8 Å². The van der Waals surface area contributed by atoms with Crippen LogP contribution in [0.2, 0.25) is 0 Å². The van der Waals surface area contributed by atoms with E-state index in [1.165, 1.54) is 0 Å². The molecule has 0 aromatic heterocycles. The van der Waals surface area contributed by atoms with Crippen molar-refractivity contribution in [1.82, 2.24) is 4.90 Å². The largest absolute Gasteiger partial charge is 0.497 e. The van der Waals surface area contributed by atoms with Gasteiger partial charge in [0, 0.05) is 43.6 Å². The lowest BCUT2D eigenvalue weighted by atomic mass is 10.1. The Labute approximate surface area is 166 Å². The molecule has 0 heterocycles. The number of hydrogen-bond donors (Lipinski definition) is 0. The van der Waals surface area contributed by atoms with Gasteiger partial charge < -0.3 is 19.1 Å². The van der Waals surface area contributed by atoms with E-state index in [0.29, 0.717) is 30.2 Å². The van der Waals surface area contributed by atoms with Crippen molar-refractivity contribution >= 4 is 11.7 Å². The van der Waals surface area contributed by atoms with Gasteiger partial charge in [0.1, 0.15) is 17.2 Å². The van der Waals surface area contributed by atoms with Crippen LogP contribution in [0.1, 0.15) is 35.7 Å². The summed E-state index contributed by atoms with van der Waals surface area (Å²) in [5, 5.41) is 0. The van der Waals surface area contributed by atoms with E-state index in [1.54, 1.807) is 56.5 Å². The lowest BCUT2D eigenvalue weighted by Crippen LogP contribution is -2.26. The second kappa shape index (κ2) is 10.3. The van der Waals surface area contributed by atoms with Crippen molar-refractivity contribution in [2.75, 3.05) is 27.9 Å². The fraction of sp³-hybridized carbons (Fsp3) is 0.364. The van der Waals surface area contributed by atoms with Gasteiger partial charge in [-0.3, -0.25) is 9.59 Å². The van der Waals surface area contributed by atoms with E-state index in [0.717, 1.165) is 11.3 Å². The van der Waals surface area contributed by atoms with Gasteiger partial charge >= 0.3 is 0 Å². The Balaban J connectivity index is 1.91. The third-order valence-electron chi connectivity index (χ3n) is 4.38. The highest BCUT2D eigenvalue weighted by molar-refractivity contribution is 5.98. The first-order valence-electron chi connectivity index (χ1n) is 9.19. The van der Waals surface area contributed by atoms with Gasteiger partial charge in [0.2, 0.25) is 5.91 Å². The van der Waals surface area contributed by atoms with Crippen LogP contribution in [-0.2, 0) is 11.3 Å². The Morgan fingerprint density at radius 1 is 0.929 bits per heavy atom. The number of rotatable bonds is 10. The first-order chi connectivity index (χ1) is 13.5. The maximum atomic E-state index is 12.4. The number of ketones is 1. The Morgan fingerprint density at radius 3 is 2.21 bits per heavy atom. The van der Waals surface area contributed by atoms with Gasteiger partial charge in [0.05, 0.1) is 20.8 Å². The van der Waals surface area contributed by atoms with Gasteiger partial charge in [0.15, 0.2) is 5.78 Å². The first kappa shape index (κ1) is 21.3. The maximum Gasteiger partial charge on any atom is 0.223 e. The zero-order chi connectivity index (χ0) is 20.5. The fourth-order valence-corrected chi connectivity index (χ4v) is 2.79. The number of hydrogen-bond acceptors (Lipinski definition) is 5. The highest BCUT2D eigenvalue weighted by Gasteiger charge is 2.15. The van der Waals surface area contributed by atoms with Crippen molar-refractivity contribution in [2.24, 2.45) is 0 Å². The third kappa shape index (κ3) is 5.74. The van der Waals surface area contributed by atoms with Crippen LogP contribution in [0.25, 0.3) is 0 Å². The van der Waals surface area contributed by atoms with Crippen molar-refractivity contribution in [3.05, 3.63) is 53.6 Å². The van der Waals surface area contributed by atoms with Crippen LogP contribution < -0.4 is 14.2 Å². The molecule has 0 N–H and O–H groups in total. The first-order valence-corrected chi connectivity index (χ1v) is 9.19. The molecular formula is C22H27NO5. The van der Waals surface area contributed by atoms with Crippen LogP contribution in [0.5, 0.6) is 17.2 Å². The van der Waals surface area contributed by atoms with Crippen LogP contribution in [0, 0.1) is 0 Å². The Kier molecular flexibility index (Phi) is 7.87. The number of nitrogens with zero attached hydrogens (tertiary/aromatic N) is 1. The van der Waals surface area contributed by atoms with E-state index >= 15 is 0 Å². The van der Waals surface area contributed by atoms with Gasteiger partial charge in [0.25, 0.3) is 0 Å². The molecule has 150 valence electrons. The summed E-state index contributed by atoms with van der Waals surface area (Å²) in [7, 11) is 4.88. The molecule has 0 aliphatic carbocycles. The normalized spacial score (nSPS) is 10.3. The molecule has 2 rings (SSSR count). The van der Waals surface area contributed by atoms with Gasteiger partial charge in [-0.25, -0.2) is 0 Å². The fourth-order valence-electron chi connectivity index (χ4n) is 2.79. The highest BCUT2D eigenvalue weighted by Crippen LogP contribution is 2.25. The summed E-state index contributed by atoms with van der Waals surface area (Å²) in [5.74, 6) is 1.91. The van der Waals surface area contributed by atoms with Crippen molar-refractivity contribution in [3.63, 3.8) is 0 Å². The molecule has 2 aromatic rings. The molecule has 0 aliphatic heterocycles. The van der Waals surface area contributed by atoms with Crippen LogP contribution >= 0.6 is 0 Å². The molecule has 0 saturated heterocycles. The van der Waals surface area contributed by atoms with E-state index in [9.17, 15) is 9.59 Å². The topological polar surface area (TPSA) is 65.1 Å². The summed E-state index contributed by atoms with van der Waals surface area (Å²) in [6, 6.07) is 12.5. The zero-order valence-corrected chi connectivity index (χ0v) is 16.9. The van der Waals surface area contributed by atoms with Gasteiger partial charge in [-0.1, -0.05) is 0 Å². The summed E-state index contributed by atoms with van der Waals surface area (Å²) in [5.41, 5.74) is 1.45.